The van der Waals surface area contributed by atoms with E-state index in [1.807, 2.05) is 0 Å². The lowest BCUT2D eigenvalue weighted by molar-refractivity contribution is -0.131. The average Bonchev–Trinajstić information content (AvgIpc) is 2.80. The average molecular weight is 362 g/mol. The van der Waals surface area contributed by atoms with Crippen LogP contribution < -0.4 is 5.32 Å². The van der Waals surface area contributed by atoms with Crippen LogP contribution in [0, 0.1) is 11.7 Å². The molecule has 1 aliphatic heterocycles. The molecule has 0 spiro atoms. The highest BCUT2D eigenvalue weighted by Gasteiger charge is 2.35. The number of nitrogens with zero attached hydrogens (tertiary/aromatic N) is 1. The van der Waals surface area contributed by atoms with Gasteiger partial charge >= 0.3 is 0 Å². The van der Waals surface area contributed by atoms with Crippen LogP contribution in [-0.2, 0) is 9.59 Å². The van der Waals surface area contributed by atoms with E-state index in [0.29, 0.717) is 25.8 Å². The van der Waals surface area contributed by atoms with E-state index in [1.54, 1.807) is 17.0 Å². The lowest BCUT2D eigenvalue weighted by Gasteiger charge is -2.38. The maximum Gasteiger partial charge on any atom is 0.222 e. The first-order valence-electron chi connectivity index (χ1n) is 9.53. The van der Waals surface area contributed by atoms with E-state index in [4.69, 9.17) is 0 Å². The zero-order chi connectivity index (χ0) is 18.5. The molecule has 1 aromatic rings. The highest BCUT2D eigenvalue weighted by Crippen LogP contribution is 2.38. The molecule has 3 rings (SSSR count). The Bertz CT molecular complexity index is 628. The number of hydrogen-bond donors (Lipinski definition) is 2. The van der Waals surface area contributed by atoms with Crippen LogP contribution in [0.5, 0.6) is 0 Å². The van der Waals surface area contributed by atoms with Gasteiger partial charge < -0.3 is 15.3 Å². The van der Waals surface area contributed by atoms with Crippen LogP contribution >= 0.6 is 0 Å². The van der Waals surface area contributed by atoms with Crippen LogP contribution in [0.4, 0.5) is 4.39 Å². The molecule has 1 heterocycles. The third-order valence-electron chi connectivity index (χ3n) is 5.45. The summed E-state index contributed by atoms with van der Waals surface area (Å²) in [5, 5.41) is 12.6. The number of amides is 2. The third-order valence-corrected chi connectivity index (χ3v) is 5.45. The molecule has 5 nitrogen and oxygen atoms in total. The monoisotopic (exact) mass is 362 g/mol. The van der Waals surface area contributed by atoms with Crippen molar-refractivity contribution in [3.8, 4) is 0 Å². The molecule has 1 atom stereocenters. The number of nitrogens with one attached hydrogen (secondary N) is 1. The first-order chi connectivity index (χ1) is 12.5. The van der Waals surface area contributed by atoms with E-state index in [0.717, 1.165) is 31.4 Å². The maximum absolute atomic E-state index is 13.2. The molecule has 0 aromatic heterocycles. The minimum Gasteiger partial charge on any atom is -0.393 e. The van der Waals surface area contributed by atoms with E-state index in [-0.39, 0.29) is 42.1 Å². The molecular weight excluding hydrogens is 335 g/mol. The van der Waals surface area contributed by atoms with Gasteiger partial charge in [0.05, 0.1) is 12.1 Å². The number of rotatable bonds is 6. The Labute approximate surface area is 153 Å². The Balaban J connectivity index is 1.58. The predicted molar refractivity (Wildman–Crippen MR) is 95.7 cm³/mol. The van der Waals surface area contributed by atoms with Crippen molar-refractivity contribution in [2.75, 3.05) is 13.1 Å². The molecule has 2 amide bonds. The van der Waals surface area contributed by atoms with E-state index in [2.05, 4.69) is 5.32 Å². The standard InChI is InChI=1S/C20H27FN2O3/c21-16-7-5-14(6-8-16)20(15-12-17(24)13-15)22-18(25)9-11-23-10-3-1-2-4-19(23)26/h5-8,15,17,20,24H,1-4,9-13H2,(H,22,25)/t15?,17?,20-/m0/s1. The van der Waals surface area contributed by atoms with Gasteiger partial charge in [-0.15, -0.1) is 0 Å². The second-order valence-corrected chi connectivity index (χ2v) is 7.42. The van der Waals surface area contributed by atoms with Crippen LogP contribution in [-0.4, -0.2) is 41.0 Å². The van der Waals surface area contributed by atoms with Gasteiger partial charge in [-0.1, -0.05) is 18.6 Å². The fourth-order valence-corrected chi connectivity index (χ4v) is 3.80. The van der Waals surface area contributed by atoms with Gasteiger partial charge in [-0.2, -0.15) is 0 Å². The third kappa shape index (κ3) is 4.81. The minimum atomic E-state index is -0.324. The van der Waals surface area contributed by atoms with Gasteiger partial charge in [0.2, 0.25) is 11.8 Å². The molecule has 26 heavy (non-hydrogen) atoms. The van der Waals surface area contributed by atoms with Gasteiger partial charge in [-0.3, -0.25) is 9.59 Å². The van der Waals surface area contributed by atoms with Crippen LogP contribution in [0.2, 0.25) is 0 Å². The Morgan fingerprint density at radius 3 is 2.65 bits per heavy atom. The summed E-state index contributed by atoms with van der Waals surface area (Å²) in [5.41, 5.74) is 0.850. The number of halogens is 1. The number of carbonyl (C=O) groups excluding carboxylic acids is 2. The lowest BCUT2D eigenvalue weighted by Crippen LogP contribution is -2.42. The van der Waals surface area contributed by atoms with Gasteiger partial charge in [0.15, 0.2) is 0 Å². The van der Waals surface area contributed by atoms with Crippen molar-refractivity contribution in [1.29, 1.82) is 0 Å². The first kappa shape index (κ1) is 18.8. The summed E-state index contributed by atoms with van der Waals surface area (Å²) < 4.78 is 13.2. The quantitative estimate of drug-likeness (QED) is 0.817. The highest BCUT2D eigenvalue weighted by molar-refractivity contribution is 5.79. The van der Waals surface area contributed by atoms with Gasteiger partial charge in [-0.05, 0) is 49.3 Å². The number of carbonyl (C=O) groups is 2. The molecule has 2 aliphatic rings. The van der Waals surface area contributed by atoms with Crippen molar-refractivity contribution in [1.82, 2.24) is 10.2 Å². The summed E-state index contributed by atoms with van der Waals surface area (Å²) in [6.07, 6.45) is 4.75. The maximum atomic E-state index is 13.2. The Morgan fingerprint density at radius 1 is 1.23 bits per heavy atom. The summed E-state index contributed by atoms with van der Waals surface area (Å²) in [5.74, 6) is -0.142. The van der Waals surface area contributed by atoms with Gasteiger partial charge in [-0.25, -0.2) is 4.39 Å². The summed E-state index contributed by atoms with van der Waals surface area (Å²) >= 11 is 0. The van der Waals surface area contributed by atoms with Gasteiger partial charge in [0.1, 0.15) is 5.82 Å². The fraction of sp³-hybridized carbons (Fsp3) is 0.600. The van der Waals surface area contributed by atoms with Gasteiger partial charge in [0, 0.05) is 25.9 Å². The van der Waals surface area contributed by atoms with E-state index >= 15 is 0 Å². The molecule has 1 aromatic carbocycles. The molecule has 6 heteroatoms. The number of aliphatic hydroxyl groups is 1. The van der Waals surface area contributed by atoms with Crippen molar-refractivity contribution in [3.63, 3.8) is 0 Å². The molecular formula is C20H27FN2O3. The van der Waals surface area contributed by atoms with Crippen molar-refractivity contribution in [2.45, 2.75) is 57.1 Å². The number of aliphatic hydroxyl groups excluding tert-OH is 1. The Morgan fingerprint density at radius 2 is 1.96 bits per heavy atom. The largest absolute Gasteiger partial charge is 0.393 e. The zero-order valence-electron chi connectivity index (χ0n) is 15.0. The molecule has 1 saturated heterocycles. The predicted octanol–water partition coefficient (Wildman–Crippen LogP) is 2.55. The molecule has 0 bridgehead atoms. The Hall–Kier alpha value is -1.95. The lowest BCUT2D eigenvalue weighted by atomic mass is 9.75. The van der Waals surface area contributed by atoms with E-state index < -0.39 is 0 Å². The van der Waals surface area contributed by atoms with Crippen LogP contribution in [0.25, 0.3) is 0 Å². The summed E-state index contributed by atoms with van der Waals surface area (Å²) in [6, 6.07) is 5.91. The molecule has 0 unspecified atom stereocenters. The molecule has 142 valence electrons. The van der Waals surface area contributed by atoms with Crippen LogP contribution in [0.15, 0.2) is 24.3 Å². The van der Waals surface area contributed by atoms with Crippen molar-refractivity contribution >= 4 is 11.8 Å². The number of hydrogen-bond acceptors (Lipinski definition) is 3. The zero-order valence-corrected chi connectivity index (χ0v) is 15.0. The molecule has 0 radical (unpaired) electrons. The van der Waals surface area contributed by atoms with Crippen LogP contribution in [0.3, 0.4) is 0 Å². The van der Waals surface area contributed by atoms with E-state index in [9.17, 15) is 19.1 Å². The van der Waals surface area contributed by atoms with Crippen LogP contribution in [0.1, 0.15) is 56.6 Å². The molecule has 1 aliphatic carbocycles. The summed E-state index contributed by atoms with van der Waals surface area (Å²) in [4.78, 5) is 26.3. The molecule has 2 N–H and O–H groups in total. The smallest absolute Gasteiger partial charge is 0.222 e. The van der Waals surface area contributed by atoms with Crippen molar-refractivity contribution < 1.29 is 19.1 Å². The molecule has 2 fully saturated rings. The normalized spacial score (nSPS) is 24.5. The summed E-state index contributed by atoms with van der Waals surface area (Å²) in [6.45, 7) is 1.16. The van der Waals surface area contributed by atoms with Gasteiger partial charge in [0.25, 0.3) is 0 Å². The van der Waals surface area contributed by atoms with Crippen molar-refractivity contribution in [3.05, 3.63) is 35.6 Å². The molecule has 1 saturated carbocycles. The van der Waals surface area contributed by atoms with Crippen molar-refractivity contribution in [2.24, 2.45) is 5.92 Å². The number of benzene rings is 1. The fourth-order valence-electron chi connectivity index (χ4n) is 3.80. The summed E-state index contributed by atoms with van der Waals surface area (Å²) in [7, 11) is 0. The second kappa shape index (κ2) is 8.62. The first-order valence-corrected chi connectivity index (χ1v) is 9.53. The topological polar surface area (TPSA) is 69.6 Å². The highest BCUT2D eigenvalue weighted by atomic mass is 19.1. The minimum absolute atomic E-state index is 0.113. The van der Waals surface area contributed by atoms with E-state index in [1.165, 1.54) is 12.1 Å². The SMILES string of the molecule is O=C(CCN1CCCCCC1=O)N[C@@H](c1ccc(F)cc1)C1CC(O)C1. The Kier molecular flexibility index (Phi) is 6.25. The second-order valence-electron chi connectivity index (χ2n) is 7.42. The number of likely N-dealkylation sites (tertiary alicyclic amines) is 1.